The van der Waals surface area contributed by atoms with E-state index < -0.39 is 11.9 Å². The van der Waals surface area contributed by atoms with Crippen LogP contribution in [0, 0.1) is 12.8 Å². The van der Waals surface area contributed by atoms with Gasteiger partial charge in [-0.3, -0.25) is 4.79 Å². The zero-order chi connectivity index (χ0) is 10.8. The molecule has 0 spiro atoms. The molecule has 78 valence electrons. The molecule has 1 aliphatic rings. The zero-order valence-electron chi connectivity index (χ0n) is 8.32. The van der Waals surface area contributed by atoms with Gasteiger partial charge in [0.2, 0.25) is 0 Å². The van der Waals surface area contributed by atoms with Crippen LogP contribution in [0.2, 0.25) is 0 Å². The van der Waals surface area contributed by atoms with Crippen molar-refractivity contribution >= 4 is 11.9 Å². The number of carbonyl (C=O) groups is 2. The van der Waals surface area contributed by atoms with Crippen LogP contribution in [-0.2, 0) is 20.8 Å². The first-order valence-electron chi connectivity index (χ1n) is 4.73. The van der Waals surface area contributed by atoms with Crippen LogP contribution in [0.4, 0.5) is 0 Å². The van der Waals surface area contributed by atoms with Crippen LogP contribution >= 0.6 is 0 Å². The highest BCUT2D eigenvalue weighted by molar-refractivity contribution is 6.01. The Morgan fingerprint density at radius 2 is 1.93 bits per heavy atom. The third kappa shape index (κ3) is 1.98. The van der Waals surface area contributed by atoms with E-state index in [0.29, 0.717) is 6.42 Å². The first kappa shape index (κ1) is 9.71. The lowest BCUT2D eigenvalue weighted by Gasteiger charge is -2.03. The van der Waals surface area contributed by atoms with Crippen molar-refractivity contribution in [2.24, 2.45) is 5.92 Å². The minimum Gasteiger partial charge on any atom is -0.340 e. The van der Waals surface area contributed by atoms with Crippen LogP contribution in [0.5, 0.6) is 0 Å². The molecule has 1 fully saturated rings. The van der Waals surface area contributed by atoms with Gasteiger partial charge in [-0.2, -0.15) is 5.48 Å². The topological polar surface area (TPSA) is 55.4 Å². The standard InChI is InChI=1S/C11H11NO3/c1-7-2-4-8(5-3-7)6-9-10(13)12-15-11(9)14/h2-5,9H,6H2,1H3,(H,12,13). The quantitative estimate of drug-likeness (QED) is 0.724. The maximum absolute atomic E-state index is 11.2. The summed E-state index contributed by atoms with van der Waals surface area (Å²) < 4.78 is 0. The number of hydrogen-bond acceptors (Lipinski definition) is 3. The van der Waals surface area contributed by atoms with Crippen LogP contribution in [0.25, 0.3) is 0 Å². The van der Waals surface area contributed by atoms with E-state index in [0.717, 1.165) is 11.1 Å². The minimum atomic E-state index is -0.701. The molecular formula is C11H11NO3. The van der Waals surface area contributed by atoms with Gasteiger partial charge in [0.05, 0.1) is 0 Å². The van der Waals surface area contributed by atoms with E-state index in [1.807, 2.05) is 31.2 Å². The molecule has 0 radical (unpaired) electrons. The summed E-state index contributed by atoms with van der Waals surface area (Å²) in [5, 5.41) is 0. The van der Waals surface area contributed by atoms with Crippen molar-refractivity contribution in [3.63, 3.8) is 0 Å². The summed E-state index contributed by atoms with van der Waals surface area (Å²) in [6.45, 7) is 1.99. The van der Waals surface area contributed by atoms with Crippen molar-refractivity contribution in [1.29, 1.82) is 0 Å². The van der Waals surface area contributed by atoms with Gasteiger partial charge >= 0.3 is 5.97 Å². The molecule has 1 amide bonds. The highest BCUT2D eigenvalue weighted by Crippen LogP contribution is 2.14. The van der Waals surface area contributed by atoms with Gasteiger partial charge in [0.25, 0.3) is 5.91 Å². The second-order valence-corrected chi connectivity index (χ2v) is 3.63. The van der Waals surface area contributed by atoms with E-state index in [2.05, 4.69) is 10.3 Å². The summed E-state index contributed by atoms with van der Waals surface area (Å²) in [6, 6.07) is 7.73. The second-order valence-electron chi connectivity index (χ2n) is 3.63. The summed E-state index contributed by atoms with van der Waals surface area (Å²) in [7, 11) is 0. The van der Waals surface area contributed by atoms with Crippen LogP contribution in [0.3, 0.4) is 0 Å². The number of aryl methyl sites for hydroxylation is 1. The largest absolute Gasteiger partial charge is 0.345 e. The van der Waals surface area contributed by atoms with Gasteiger partial charge in [-0.15, -0.1) is 0 Å². The molecule has 1 aliphatic heterocycles. The molecule has 1 N–H and O–H groups in total. The van der Waals surface area contributed by atoms with Gasteiger partial charge in [-0.25, -0.2) is 4.79 Å². The average molecular weight is 205 g/mol. The van der Waals surface area contributed by atoms with E-state index in [4.69, 9.17) is 0 Å². The summed E-state index contributed by atoms with van der Waals surface area (Å²) in [5.41, 5.74) is 4.17. The van der Waals surface area contributed by atoms with Gasteiger partial charge in [-0.1, -0.05) is 29.8 Å². The summed E-state index contributed by atoms with van der Waals surface area (Å²) in [4.78, 5) is 26.8. The fourth-order valence-electron chi connectivity index (χ4n) is 1.49. The van der Waals surface area contributed by atoms with E-state index in [9.17, 15) is 9.59 Å². The Balaban J connectivity index is 2.11. The lowest BCUT2D eigenvalue weighted by atomic mass is 9.99. The van der Waals surface area contributed by atoms with Crippen LogP contribution in [0.1, 0.15) is 11.1 Å². The molecule has 0 bridgehead atoms. The number of rotatable bonds is 2. The van der Waals surface area contributed by atoms with Gasteiger partial charge in [-0.05, 0) is 18.9 Å². The fraction of sp³-hybridized carbons (Fsp3) is 0.273. The molecular weight excluding hydrogens is 194 g/mol. The van der Waals surface area contributed by atoms with Crippen molar-refractivity contribution in [3.8, 4) is 0 Å². The molecule has 1 saturated heterocycles. The van der Waals surface area contributed by atoms with E-state index in [1.165, 1.54) is 0 Å². The molecule has 2 rings (SSSR count). The molecule has 15 heavy (non-hydrogen) atoms. The summed E-state index contributed by atoms with van der Waals surface area (Å²) in [5.74, 6) is -1.56. The molecule has 1 aromatic carbocycles. The van der Waals surface area contributed by atoms with Crippen LogP contribution in [0.15, 0.2) is 24.3 Å². The first-order chi connectivity index (χ1) is 7.16. The molecule has 0 aliphatic carbocycles. The maximum Gasteiger partial charge on any atom is 0.345 e. The minimum absolute atomic E-state index is 0.361. The number of nitrogens with one attached hydrogen (secondary N) is 1. The SMILES string of the molecule is Cc1ccc(CC2C(=O)NOC2=O)cc1. The third-order valence-electron chi connectivity index (χ3n) is 2.41. The number of amides is 1. The van der Waals surface area contributed by atoms with Crippen molar-refractivity contribution in [3.05, 3.63) is 35.4 Å². The molecule has 0 aromatic heterocycles. The number of benzene rings is 1. The molecule has 0 saturated carbocycles. The van der Waals surface area contributed by atoms with Crippen LogP contribution < -0.4 is 5.48 Å². The molecule has 1 aromatic rings. The number of hydrogen-bond donors (Lipinski definition) is 1. The normalized spacial score (nSPS) is 19.9. The molecule has 4 heteroatoms. The predicted octanol–water partition coefficient (Wildman–Crippen LogP) is 0.742. The van der Waals surface area contributed by atoms with Gasteiger partial charge < -0.3 is 4.84 Å². The van der Waals surface area contributed by atoms with Crippen LogP contribution in [-0.4, -0.2) is 11.9 Å². The third-order valence-corrected chi connectivity index (χ3v) is 2.41. The van der Waals surface area contributed by atoms with E-state index in [1.54, 1.807) is 0 Å². The number of carbonyl (C=O) groups excluding carboxylic acids is 2. The Morgan fingerprint density at radius 3 is 2.47 bits per heavy atom. The van der Waals surface area contributed by atoms with Crippen molar-refractivity contribution in [2.75, 3.05) is 0 Å². The highest BCUT2D eigenvalue weighted by atomic mass is 16.7. The number of hydroxylamine groups is 1. The highest BCUT2D eigenvalue weighted by Gasteiger charge is 2.35. The molecule has 1 heterocycles. The lowest BCUT2D eigenvalue weighted by Crippen LogP contribution is -2.21. The van der Waals surface area contributed by atoms with Gasteiger partial charge in [0.15, 0.2) is 0 Å². The predicted molar refractivity (Wildman–Crippen MR) is 52.6 cm³/mol. The molecule has 1 atom stereocenters. The zero-order valence-corrected chi connectivity index (χ0v) is 8.32. The fourth-order valence-corrected chi connectivity index (χ4v) is 1.49. The average Bonchev–Trinajstić information content (AvgIpc) is 2.53. The van der Waals surface area contributed by atoms with Gasteiger partial charge in [0.1, 0.15) is 5.92 Å². The lowest BCUT2D eigenvalue weighted by molar-refractivity contribution is -0.146. The Hall–Kier alpha value is -1.84. The Morgan fingerprint density at radius 1 is 1.27 bits per heavy atom. The Bertz CT molecular complexity index is 381. The van der Waals surface area contributed by atoms with Crippen molar-refractivity contribution in [2.45, 2.75) is 13.3 Å². The van der Waals surface area contributed by atoms with Gasteiger partial charge in [0, 0.05) is 0 Å². The Labute approximate surface area is 87.2 Å². The summed E-state index contributed by atoms with van der Waals surface area (Å²) in [6.07, 6.45) is 0.394. The second kappa shape index (κ2) is 3.73. The Kier molecular flexibility index (Phi) is 2.41. The van der Waals surface area contributed by atoms with Crippen molar-refractivity contribution in [1.82, 2.24) is 5.48 Å². The van der Waals surface area contributed by atoms with E-state index in [-0.39, 0.29) is 5.91 Å². The first-order valence-corrected chi connectivity index (χ1v) is 4.73. The molecule has 4 nitrogen and oxygen atoms in total. The smallest absolute Gasteiger partial charge is 0.340 e. The maximum atomic E-state index is 11.2. The van der Waals surface area contributed by atoms with Crippen molar-refractivity contribution < 1.29 is 14.4 Å². The molecule has 1 unspecified atom stereocenters. The monoisotopic (exact) mass is 205 g/mol. The van der Waals surface area contributed by atoms with E-state index >= 15 is 0 Å². The summed E-state index contributed by atoms with van der Waals surface area (Å²) >= 11 is 0.